The predicted octanol–water partition coefficient (Wildman–Crippen LogP) is 4.42. The lowest BCUT2D eigenvalue weighted by atomic mass is 10.0. The smallest absolute Gasteiger partial charge is 0.258 e. The lowest BCUT2D eigenvalue weighted by Crippen LogP contribution is -2.47. The maximum absolute atomic E-state index is 12.5. The van der Waals surface area contributed by atoms with Gasteiger partial charge in [0.25, 0.3) is 5.91 Å². The van der Waals surface area contributed by atoms with Gasteiger partial charge in [-0.3, -0.25) is 9.59 Å². The molecule has 0 unspecified atom stereocenters. The number of aryl methyl sites for hydroxylation is 2. The third kappa shape index (κ3) is 6.64. The number of benzene rings is 2. The molecule has 2 amide bonds. The van der Waals surface area contributed by atoms with Crippen molar-refractivity contribution in [3.8, 4) is 5.75 Å². The SMILES string of the molecule is Cc1ccc(CCC(=O)N2CCC(NC(=O)COc3ccc(Cl)cc3Cl)CC2)cc1. The standard InChI is InChI=1S/C23H26Cl2N2O3/c1-16-2-4-17(5-3-16)6-9-23(29)27-12-10-19(11-13-27)26-22(28)15-30-21-8-7-18(24)14-20(21)25/h2-5,7-8,14,19H,6,9-13,15H2,1H3,(H,26,28). The summed E-state index contributed by atoms with van der Waals surface area (Å²) in [4.78, 5) is 26.5. The molecular weight excluding hydrogens is 423 g/mol. The second-order valence-electron chi connectivity index (χ2n) is 7.57. The summed E-state index contributed by atoms with van der Waals surface area (Å²) in [5, 5.41) is 3.85. The Morgan fingerprint density at radius 3 is 2.47 bits per heavy atom. The van der Waals surface area contributed by atoms with E-state index in [0.29, 0.717) is 35.3 Å². The molecule has 0 spiro atoms. The Hall–Kier alpha value is -2.24. The Morgan fingerprint density at radius 1 is 1.10 bits per heavy atom. The molecule has 0 radical (unpaired) electrons. The number of rotatable bonds is 7. The van der Waals surface area contributed by atoms with Gasteiger partial charge in [0.1, 0.15) is 5.75 Å². The molecule has 2 aromatic rings. The maximum Gasteiger partial charge on any atom is 0.258 e. The van der Waals surface area contributed by atoms with E-state index in [4.69, 9.17) is 27.9 Å². The van der Waals surface area contributed by atoms with Crippen molar-refractivity contribution < 1.29 is 14.3 Å². The number of hydrogen-bond acceptors (Lipinski definition) is 3. The van der Waals surface area contributed by atoms with Crippen LogP contribution >= 0.6 is 23.2 Å². The number of amides is 2. The highest BCUT2D eigenvalue weighted by Gasteiger charge is 2.23. The van der Waals surface area contributed by atoms with Crippen LogP contribution in [0.1, 0.15) is 30.4 Å². The Labute approximate surface area is 187 Å². The first-order valence-corrected chi connectivity index (χ1v) is 10.9. The lowest BCUT2D eigenvalue weighted by Gasteiger charge is -2.32. The fourth-order valence-corrected chi connectivity index (χ4v) is 3.91. The van der Waals surface area contributed by atoms with Crippen molar-refractivity contribution in [1.82, 2.24) is 10.2 Å². The van der Waals surface area contributed by atoms with Crippen LogP contribution in [-0.2, 0) is 16.0 Å². The van der Waals surface area contributed by atoms with Gasteiger partial charge in [-0.15, -0.1) is 0 Å². The molecule has 30 heavy (non-hydrogen) atoms. The van der Waals surface area contributed by atoms with Crippen LogP contribution in [0, 0.1) is 6.92 Å². The van der Waals surface area contributed by atoms with Crippen LogP contribution in [0.3, 0.4) is 0 Å². The van der Waals surface area contributed by atoms with Crippen LogP contribution < -0.4 is 10.1 Å². The van der Waals surface area contributed by atoms with E-state index in [1.165, 1.54) is 11.1 Å². The van der Waals surface area contributed by atoms with Gasteiger partial charge in [-0.1, -0.05) is 53.0 Å². The highest BCUT2D eigenvalue weighted by molar-refractivity contribution is 6.35. The van der Waals surface area contributed by atoms with Crippen molar-refractivity contribution in [1.29, 1.82) is 0 Å². The van der Waals surface area contributed by atoms with Gasteiger partial charge < -0.3 is 15.0 Å². The molecule has 1 aliphatic rings. The van der Waals surface area contributed by atoms with Gasteiger partial charge >= 0.3 is 0 Å². The molecule has 0 saturated carbocycles. The molecule has 2 aromatic carbocycles. The first-order chi connectivity index (χ1) is 14.4. The van der Waals surface area contributed by atoms with E-state index >= 15 is 0 Å². The Bertz CT molecular complexity index is 879. The van der Waals surface area contributed by atoms with Gasteiger partial charge in [0.15, 0.2) is 6.61 Å². The largest absolute Gasteiger partial charge is 0.482 e. The molecule has 1 fully saturated rings. The Balaban J connectivity index is 1.36. The zero-order chi connectivity index (χ0) is 21.5. The Kier molecular flexibility index (Phi) is 8.00. The first kappa shape index (κ1) is 22.4. The Morgan fingerprint density at radius 2 is 1.80 bits per heavy atom. The molecule has 1 N–H and O–H groups in total. The summed E-state index contributed by atoms with van der Waals surface area (Å²) >= 11 is 11.9. The van der Waals surface area contributed by atoms with Gasteiger partial charge in [0.05, 0.1) is 5.02 Å². The summed E-state index contributed by atoms with van der Waals surface area (Å²) in [5.74, 6) is 0.386. The van der Waals surface area contributed by atoms with Crippen LogP contribution in [0.5, 0.6) is 5.75 Å². The van der Waals surface area contributed by atoms with E-state index in [2.05, 4.69) is 36.5 Å². The molecule has 7 heteroatoms. The number of ether oxygens (including phenoxy) is 1. The van der Waals surface area contributed by atoms with Gasteiger partial charge in [0, 0.05) is 30.6 Å². The van der Waals surface area contributed by atoms with Crippen LogP contribution in [0.4, 0.5) is 0 Å². The van der Waals surface area contributed by atoms with Crippen molar-refractivity contribution in [3.63, 3.8) is 0 Å². The molecular formula is C23H26Cl2N2O3. The van der Waals surface area contributed by atoms with Crippen LogP contribution in [-0.4, -0.2) is 42.5 Å². The average Bonchev–Trinajstić information content (AvgIpc) is 2.73. The number of carbonyl (C=O) groups is 2. The van der Waals surface area contributed by atoms with Crippen LogP contribution in [0.2, 0.25) is 10.0 Å². The van der Waals surface area contributed by atoms with E-state index in [9.17, 15) is 9.59 Å². The summed E-state index contributed by atoms with van der Waals surface area (Å²) < 4.78 is 5.47. The number of nitrogens with zero attached hydrogens (tertiary/aromatic N) is 1. The number of carbonyl (C=O) groups excluding carboxylic acids is 2. The topological polar surface area (TPSA) is 58.6 Å². The fourth-order valence-electron chi connectivity index (χ4n) is 3.44. The highest BCUT2D eigenvalue weighted by Crippen LogP contribution is 2.27. The summed E-state index contributed by atoms with van der Waals surface area (Å²) in [6.45, 7) is 3.25. The predicted molar refractivity (Wildman–Crippen MR) is 119 cm³/mol. The van der Waals surface area contributed by atoms with Crippen molar-refractivity contribution >= 4 is 35.0 Å². The fraction of sp³-hybridized carbons (Fsp3) is 0.391. The molecule has 0 bridgehead atoms. The molecule has 3 rings (SSSR count). The number of halogens is 2. The van der Waals surface area contributed by atoms with E-state index in [1.54, 1.807) is 18.2 Å². The summed E-state index contributed by atoms with van der Waals surface area (Å²) in [7, 11) is 0. The van der Waals surface area contributed by atoms with Gasteiger partial charge in [0.2, 0.25) is 5.91 Å². The summed E-state index contributed by atoms with van der Waals surface area (Å²) in [5.41, 5.74) is 2.40. The van der Waals surface area contributed by atoms with E-state index < -0.39 is 0 Å². The second-order valence-corrected chi connectivity index (χ2v) is 8.42. The van der Waals surface area contributed by atoms with Crippen LogP contribution in [0.15, 0.2) is 42.5 Å². The maximum atomic E-state index is 12.5. The second kappa shape index (κ2) is 10.7. The minimum Gasteiger partial charge on any atom is -0.482 e. The summed E-state index contributed by atoms with van der Waals surface area (Å²) in [6.07, 6.45) is 2.74. The summed E-state index contributed by atoms with van der Waals surface area (Å²) in [6, 6.07) is 13.2. The van der Waals surface area contributed by atoms with Gasteiger partial charge in [-0.2, -0.15) is 0 Å². The monoisotopic (exact) mass is 448 g/mol. The minimum atomic E-state index is -0.204. The lowest BCUT2D eigenvalue weighted by molar-refractivity contribution is -0.132. The normalized spacial score (nSPS) is 14.4. The number of piperidine rings is 1. The van der Waals surface area contributed by atoms with Crippen molar-refractivity contribution in [2.45, 2.75) is 38.6 Å². The van der Waals surface area contributed by atoms with Crippen LogP contribution in [0.25, 0.3) is 0 Å². The molecule has 1 heterocycles. The molecule has 1 saturated heterocycles. The zero-order valence-electron chi connectivity index (χ0n) is 17.0. The van der Waals surface area contributed by atoms with Gasteiger partial charge in [-0.25, -0.2) is 0 Å². The highest BCUT2D eigenvalue weighted by atomic mass is 35.5. The first-order valence-electron chi connectivity index (χ1n) is 10.1. The quantitative estimate of drug-likeness (QED) is 0.681. The third-order valence-corrected chi connectivity index (χ3v) is 5.74. The van der Waals surface area contributed by atoms with Gasteiger partial charge in [-0.05, 0) is 49.9 Å². The number of likely N-dealkylation sites (tertiary alicyclic amines) is 1. The molecule has 0 aromatic heterocycles. The van der Waals surface area contributed by atoms with E-state index in [-0.39, 0.29) is 24.5 Å². The van der Waals surface area contributed by atoms with Crippen molar-refractivity contribution in [2.75, 3.05) is 19.7 Å². The zero-order valence-corrected chi connectivity index (χ0v) is 18.5. The molecule has 0 aliphatic carbocycles. The molecule has 160 valence electrons. The molecule has 1 aliphatic heterocycles. The van der Waals surface area contributed by atoms with E-state index in [1.807, 2.05) is 4.90 Å². The molecule has 5 nitrogen and oxygen atoms in total. The minimum absolute atomic E-state index is 0.0444. The average molecular weight is 449 g/mol. The van der Waals surface area contributed by atoms with E-state index in [0.717, 1.165) is 19.3 Å². The van der Waals surface area contributed by atoms with Crippen molar-refractivity contribution in [2.24, 2.45) is 0 Å². The third-order valence-electron chi connectivity index (χ3n) is 5.21. The number of hydrogen-bond donors (Lipinski definition) is 1. The van der Waals surface area contributed by atoms with Crippen molar-refractivity contribution in [3.05, 3.63) is 63.6 Å². The molecule has 0 atom stereocenters. The number of nitrogens with one attached hydrogen (secondary N) is 1.